The number of hydrogen-bond acceptors (Lipinski definition) is 7. The summed E-state index contributed by atoms with van der Waals surface area (Å²) in [5.74, 6) is -0.155. The Morgan fingerprint density at radius 1 is 1.46 bits per heavy atom. The van der Waals surface area contributed by atoms with Crippen LogP contribution < -0.4 is 11.3 Å². The van der Waals surface area contributed by atoms with E-state index in [0.717, 1.165) is 6.42 Å². The van der Waals surface area contributed by atoms with E-state index in [4.69, 9.17) is 5.73 Å². The van der Waals surface area contributed by atoms with Crippen LogP contribution in [0.5, 0.6) is 0 Å². The molecule has 0 bridgehead atoms. The van der Waals surface area contributed by atoms with E-state index in [1.54, 1.807) is 24.0 Å². The summed E-state index contributed by atoms with van der Waals surface area (Å²) in [6.07, 6.45) is 0.759. The summed E-state index contributed by atoms with van der Waals surface area (Å²) in [6.45, 7) is 3.12. The molecule has 1 aromatic heterocycles. The fourth-order valence-electron chi connectivity index (χ4n) is 3.40. The Morgan fingerprint density at radius 3 is 2.89 bits per heavy atom. The molecule has 148 valence electrons. The van der Waals surface area contributed by atoms with E-state index in [2.05, 4.69) is 9.97 Å². The number of carbonyl (C=O) groups is 1. The number of nitrogen functional groups attached to an aromatic ring is 1. The first-order valence-corrected chi connectivity index (χ1v) is 8.85. The molecule has 0 radical (unpaired) electrons. The lowest BCUT2D eigenvalue weighted by Gasteiger charge is -2.24. The molecule has 10 heteroatoms. The quantitative estimate of drug-likeness (QED) is 0.575. The number of nitro benzene ring substituents is 1. The zero-order chi connectivity index (χ0) is 20.4. The van der Waals surface area contributed by atoms with Gasteiger partial charge in [-0.3, -0.25) is 29.6 Å². The van der Waals surface area contributed by atoms with Crippen molar-refractivity contribution in [2.24, 2.45) is 0 Å². The van der Waals surface area contributed by atoms with Crippen LogP contribution in [0.2, 0.25) is 0 Å². The van der Waals surface area contributed by atoms with Gasteiger partial charge in [-0.1, -0.05) is 6.07 Å². The molecule has 3 rings (SSSR count). The van der Waals surface area contributed by atoms with Crippen molar-refractivity contribution >= 4 is 17.5 Å². The summed E-state index contributed by atoms with van der Waals surface area (Å²) in [5, 5.41) is 11.1. The van der Waals surface area contributed by atoms with Crippen molar-refractivity contribution in [2.75, 3.05) is 25.9 Å². The minimum atomic E-state index is -0.479. The summed E-state index contributed by atoms with van der Waals surface area (Å²) < 4.78 is 0. The van der Waals surface area contributed by atoms with Crippen LogP contribution in [0, 0.1) is 17.0 Å². The van der Waals surface area contributed by atoms with Gasteiger partial charge >= 0.3 is 0 Å². The first-order valence-electron chi connectivity index (χ1n) is 8.85. The molecule has 1 fully saturated rings. The molecule has 1 aliphatic rings. The second kappa shape index (κ2) is 7.77. The molecule has 3 N–H and O–H groups in total. The van der Waals surface area contributed by atoms with Crippen LogP contribution >= 0.6 is 0 Å². The van der Waals surface area contributed by atoms with E-state index in [1.165, 1.54) is 12.1 Å². The highest BCUT2D eigenvalue weighted by Crippen LogP contribution is 2.23. The smallest absolute Gasteiger partial charge is 0.273 e. The van der Waals surface area contributed by atoms with Gasteiger partial charge in [0.2, 0.25) is 5.95 Å². The molecule has 1 saturated heterocycles. The number of nitro groups is 1. The van der Waals surface area contributed by atoms with Gasteiger partial charge in [-0.05, 0) is 26.5 Å². The number of anilines is 1. The van der Waals surface area contributed by atoms with Gasteiger partial charge in [-0.15, -0.1) is 0 Å². The molecule has 10 nitrogen and oxygen atoms in total. The molecule has 1 atom stereocenters. The predicted octanol–water partition coefficient (Wildman–Crippen LogP) is 0.915. The van der Waals surface area contributed by atoms with Crippen molar-refractivity contribution in [3.8, 4) is 0 Å². The minimum absolute atomic E-state index is 0.0586. The van der Waals surface area contributed by atoms with Crippen LogP contribution in [0.3, 0.4) is 0 Å². The van der Waals surface area contributed by atoms with Gasteiger partial charge in [-0.2, -0.15) is 0 Å². The molecular formula is C18H22N6O4. The topological polar surface area (TPSA) is 138 Å². The van der Waals surface area contributed by atoms with E-state index >= 15 is 0 Å². The van der Waals surface area contributed by atoms with Gasteiger partial charge < -0.3 is 10.6 Å². The number of likely N-dealkylation sites (N-methyl/N-ethyl adjacent to an activating group) is 1. The number of hydrogen-bond donors (Lipinski definition) is 2. The van der Waals surface area contributed by atoms with Crippen molar-refractivity contribution in [3.63, 3.8) is 0 Å². The van der Waals surface area contributed by atoms with Crippen molar-refractivity contribution in [1.82, 2.24) is 19.8 Å². The lowest BCUT2D eigenvalue weighted by Crippen LogP contribution is -2.36. The molecule has 28 heavy (non-hydrogen) atoms. The van der Waals surface area contributed by atoms with Crippen molar-refractivity contribution in [3.05, 3.63) is 61.6 Å². The van der Waals surface area contributed by atoms with Crippen LogP contribution in [0.25, 0.3) is 0 Å². The third kappa shape index (κ3) is 4.17. The van der Waals surface area contributed by atoms with E-state index in [9.17, 15) is 19.7 Å². The summed E-state index contributed by atoms with van der Waals surface area (Å²) in [7, 11) is 1.90. The van der Waals surface area contributed by atoms with Crippen LogP contribution in [-0.2, 0) is 6.54 Å². The number of aryl methyl sites for hydroxylation is 1. The van der Waals surface area contributed by atoms with Crippen LogP contribution in [0.4, 0.5) is 11.6 Å². The Hall–Kier alpha value is -3.27. The average molecular weight is 386 g/mol. The normalized spacial score (nSPS) is 16.5. The molecule has 0 spiro atoms. The summed E-state index contributed by atoms with van der Waals surface area (Å²) in [5.41, 5.74) is 6.60. The second-order valence-electron chi connectivity index (χ2n) is 6.99. The predicted molar refractivity (Wildman–Crippen MR) is 103 cm³/mol. The summed E-state index contributed by atoms with van der Waals surface area (Å²) in [6, 6.07) is 6.03. The molecule has 1 unspecified atom stereocenters. The Morgan fingerprint density at radius 2 is 2.21 bits per heavy atom. The third-order valence-electron chi connectivity index (χ3n) is 4.95. The summed E-state index contributed by atoms with van der Waals surface area (Å²) in [4.78, 5) is 45.1. The van der Waals surface area contributed by atoms with E-state index in [0.29, 0.717) is 36.5 Å². The molecule has 2 heterocycles. The zero-order valence-corrected chi connectivity index (χ0v) is 15.7. The number of nitrogens with zero attached hydrogens (tertiary/aromatic N) is 4. The number of rotatable bonds is 5. The first kappa shape index (κ1) is 19.5. The second-order valence-corrected chi connectivity index (χ2v) is 6.99. The number of nitrogens with two attached hydrogens (primary N) is 1. The number of amides is 1. The maximum absolute atomic E-state index is 12.8. The first-order chi connectivity index (χ1) is 13.2. The van der Waals surface area contributed by atoms with Gasteiger partial charge in [0.05, 0.1) is 10.6 Å². The van der Waals surface area contributed by atoms with Gasteiger partial charge in [-0.25, -0.2) is 4.98 Å². The lowest BCUT2D eigenvalue weighted by atomic mass is 10.1. The molecule has 1 amide bonds. The zero-order valence-electron chi connectivity index (χ0n) is 15.7. The molecule has 0 aliphatic carbocycles. The maximum atomic E-state index is 12.8. The molecule has 1 aromatic carbocycles. The number of carbonyl (C=O) groups excluding carboxylic acids is 1. The largest absolute Gasteiger partial charge is 0.369 e. The highest BCUT2D eigenvalue weighted by molar-refractivity contribution is 5.95. The highest BCUT2D eigenvalue weighted by Gasteiger charge is 2.30. The number of nitrogens with one attached hydrogen (secondary N) is 1. The number of benzene rings is 1. The lowest BCUT2D eigenvalue weighted by molar-refractivity contribution is -0.385. The minimum Gasteiger partial charge on any atom is -0.369 e. The van der Waals surface area contributed by atoms with Gasteiger partial charge in [0.1, 0.15) is 0 Å². The fraction of sp³-hybridized carbons (Fsp3) is 0.389. The highest BCUT2D eigenvalue weighted by atomic mass is 16.6. The number of aromatic nitrogens is 2. The Balaban J connectivity index is 1.67. The van der Waals surface area contributed by atoms with Crippen molar-refractivity contribution in [2.45, 2.75) is 25.9 Å². The van der Waals surface area contributed by atoms with Crippen LogP contribution in [-0.4, -0.2) is 56.8 Å². The SMILES string of the molecule is Cc1ccc(C(=O)N2CCC(N(C)Cc3cc(=O)[nH]c(N)n3)C2)cc1[N+](=O)[O-]. The Labute approximate surface area is 161 Å². The number of H-pyrrole nitrogens is 1. The fourth-order valence-corrected chi connectivity index (χ4v) is 3.40. The number of aromatic amines is 1. The van der Waals surface area contributed by atoms with Crippen molar-refractivity contribution in [1.29, 1.82) is 0 Å². The molecule has 2 aromatic rings. The number of likely N-dealkylation sites (tertiary alicyclic amines) is 1. The average Bonchev–Trinajstić information content (AvgIpc) is 3.10. The van der Waals surface area contributed by atoms with Crippen LogP contribution in [0.1, 0.15) is 28.0 Å². The van der Waals surface area contributed by atoms with E-state index in [-0.39, 0.29) is 29.1 Å². The van der Waals surface area contributed by atoms with E-state index in [1.807, 2.05) is 11.9 Å². The van der Waals surface area contributed by atoms with E-state index < -0.39 is 4.92 Å². The molecule has 0 saturated carbocycles. The Bertz CT molecular complexity index is 973. The van der Waals surface area contributed by atoms with Gasteiger partial charge in [0.25, 0.3) is 17.2 Å². The van der Waals surface area contributed by atoms with Crippen LogP contribution in [0.15, 0.2) is 29.1 Å². The maximum Gasteiger partial charge on any atom is 0.273 e. The summed E-state index contributed by atoms with van der Waals surface area (Å²) >= 11 is 0. The third-order valence-corrected chi connectivity index (χ3v) is 4.95. The molecular weight excluding hydrogens is 364 g/mol. The molecule has 1 aliphatic heterocycles. The Kier molecular flexibility index (Phi) is 5.41. The van der Waals surface area contributed by atoms with Crippen molar-refractivity contribution < 1.29 is 9.72 Å². The monoisotopic (exact) mass is 386 g/mol. The van der Waals surface area contributed by atoms with Gasteiger partial charge in [0.15, 0.2) is 0 Å². The van der Waals surface area contributed by atoms with Gasteiger partial charge in [0, 0.05) is 48.9 Å². The standard InChI is InChI=1S/C18H22N6O4/c1-11-3-4-12(7-15(11)24(27)28)17(26)23-6-5-14(10-23)22(2)9-13-8-16(25)21-18(19)20-13/h3-4,7-8,14H,5-6,9-10H2,1-2H3,(H3,19,20,21,25).